The van der Waals surface area contributed by atoms with Crippen LogP contribution in [0.4, 0.5) is 8.78 Å². The Morgan fingerprint density at radius 1 is 0.372 bits per heavy atom. The van der Waals surface area contributed by atoms with Gasteiger partial charge in [0.2, 0.25) is 23.3 Å². The summed E-state index contributed by atoms with van der Waals surface area (Å²) in [6.07, 6.45) is 0.934. The van der Waals surface area contributed by atoms with E-state index in [1.165, 1.54) is 66.9 Å². The number of halogens is 2. The Hall–Kier alpha value is -9.98. The van der Waals surface area contributed by atoms with E-state index in [4.69, 9.17) is 28.4 Å². The van der Waals surface area contributed by atoms with Crippen molar-refractivity contribution >= 4 is 35.4 Å². The molecule has 9 rings (SSSR count). The number of ether oxygens (including phenoxy) is 6. The second-order valence-electron chi connectivity index (χ2n) is 20.7. The standard InChI is InChI=1S/C66H66F2N6O12/c1-81-55-23-43(24-56(82-2)61(55)85-5)33-71-65(79)53-31-47-37-73(35-45(47)29-51(53)63(77)69-21-19-39-11-15-49(67)16-12-39)59(75)27-41-7-9-42(10-8-41)28-60(76)74-36-46-30-52(64(78)70-22-20-40-13-17-50(68)18-14-40)54(32-48(46)38-74)66(80)72-34-44-25-57(83-3)62(86-6)58(26-44)84-4/h7-18,23-26,29-32H,19-22,27-28,33-38H2,1-6H3,(H,69,77)(H,70,78)(H,71,79)(H,72,80). The van der Waals surface area contributed by atoms with Crippen molar-refractivity contribution in [3.05, 3.63) is 211 Å². The summed E-state index contributed by atoms with van der Waals surface area (Å²) in [4.78, 5) is 87.2. The Bertz CT molecular complexity index is 3400. The Balaban J connectivity index is 0.847. The van der Waals surface area contributed by atoms with Gasteiger partial charge in [-0.1, -0.05) is 48.5 Å². The van der Waals surface area contributed by atoms with Crippen LogP contribution >= 0.6 is 0 Å². The van der Waals surface area contributed by atoms with E-state index in [1.54, 1.807) is 107 Å². The zero-order chi connectivity index (χ0) is 61.0. The first-order chi connectivity index (χ1) is 41.6. The fraction of sp³-hybridized carbons (Fsp3) is 0.273. The van der Waals surface area contributed by atoms with E-state index in [0.29, 0.717) is 91.8 Å². The van der Waals surface area contributed by atoms with Gasteiger partial charge in [0.1, 0.15) is 11.6 Å². The zero-order valence-electron chi connectivity index (χ0n) is 48.6. The lowest BCUT2D eigenvalue weighted by molar-refractivity contribution is -0.131. The second-order valence-corrected chi connectivity index (χ2v) is 20.7. The van der Waals surface area contributed by atoms with Gasteiger partial charge in [0, 0.05) is 52.4 Å². The first-order valence-corrected chi connectivity index (χ1v) is 27.7. The minimum atomic E-state index is -0.520. The molecule has 0 fully saturated rings. The molecule has 2 heterocycles. The third-order valence-electron chi connectivity index (χ3n) is 15.1. The number of hydrogen-bond acceptors (Lipinski definition) is 12. The van der Waals surface area contributed by atoms with Gasteiger partial charge in [-0.25, -0.2) is 8.78 Å². The number of nitrogens with zero attached hydrogens (tertiary/aromatic N) is 2. The van der Waals surface area contributed by atoms with Crippen LogP contribution in [0.3, 0.4) is 0 Å². The Morgan fingerprint density at radius 3 is 0.930 bits per heavy atom. The van der Waals surface area contributed by atoms with Crippen LogP contribution in [0.25, 0.3) is 0 Å². The van der Waals surface area contributed by atoms with E-state index >= 15 is 0 Å². The van der Waals surface area contributed by atoms with Crippen molar-refractivity contribution in [3.63, 3.8) is 0 Å². The van der Waals surface area contributed by atoms with Crippen molar-refractivity contribution in [2.45, 2.75) is 65.0 Å². The first-order valence-electron chi connectivity index (χ1n) is 27.7. The molecule has 4 N–H and O–H groups in total. The lowest BCUT2D eigenvalue weighted by atomic mass is 9.98. The highest BCUT2D eigenvalue weighted by atomic mass is 19.1. The average Bonchev–Trinajstić information content (AvgIpc) is 2.59. The van der Waals surface area contributed by atoms with Crippen LogP contribution in [0.15, 0.2) is 121 Å². The summed E-state index contributed by atoms with van der Waals surface area (Å²) in [6.45, 7) is 1.34. The monoisotopic (exact) mass is 1170 g/mol. The molecule has 0 saturated carbocycles. The molecule has 0 unspecified atom stereocenters. The molecule has 86 heavy (non-hydrogen) atoms. The Labute approximate surface area is 496 Å². The van der Waals surface area contributed by atoms with Gasteiger partial charge in [-0.3, -0.25) is 28.8 Å². The summed E-state index contributed by atoms with van der Waals surface area (Å²) < 4.78 is 60.0. The molecule has 0 bridgehead atoms. The highest BCUT2D eigenvalue weighted by Gasteiger charge is 2.31. The minimum Gasteiger partial charge on any atom is -0.493 e. The molecule has 0 spiro atoms. The molecule has 2 aliphatic heterocycles. The summed E-state index contributed by atoms with van der Waals surface area (Å²) in [6, 6.07) is 32.6. The molecule has 18 nitrogen and oxygen atoms in total. The van der Waals surface area contributed by atoms with E-state index in [9.17, 15) is 37.5 Å². The SMILES string of the molecule is COc1cc(CNC(=O)c2cc3c(cc2C(=O)NCCc2ccc(F)cc2)CN(C(=O)Cc2ccc(CC(=O)N4Cc5cc(C(=O)NCCc6ccc(F)cc6)c(C(=O)NCc6cc(OC)c(OC)c(OC)c6)cc5C4)cc2)C3)cc(OC)c1OC. The summed E-state index contributed by atoms with van der Waals surface area (Å²) in [5.41, 5.74) is 7.70. The number of carbonyl (C=O) groups is 6. The molecule has 446 valence electrons. The second kappa shape index (κ2) is 27.6. The van der Waals surface area contributed by atoms with E-state index in [-0.39, 0.29) is 111 Å². The predicted octanol–water partition coefficient (Wildman–Crippen LogP) is 7.99. The van der Waals surface area contributed by atoms with Crippen LogP contribution in [0, 0.1) is 11.6 Å². The van der Waals surface area contributed by atoms with Crippen LogP contribution in [-0.4, -0.2) is 101 Å². The number of fused-ring (bicyclic) bond motifs is 2. The number of rotatable bonds is 24. The number of hydrogen-bond donors (Lipinski definition) is 4. The molecular weight excluding hydrogens is 1110 g/mol. The largest absolute Gasteiger partial charge is 0.493 e. The zero-order valence-corrected chi connectivity index (χ0v) is 48.6. The highest BCUT2D eigenvalue weighted by molar-refractivity contribution is 6.08. The van der Waals surface area contributed by atoms with Crippen LogP contribution in [0.5, 0.6) is 34.5 Å². The molecule has 0 atom stereocenters. The quantitative estimate of drug-likeness (QED) is 0.0454. The van der Waals surface area contributed by atoms with E-state index in [2.05, 4.69) is 21.3 Å². The number of amides is 6. The fourth-order valence-corrected chi connectivity index (χ4v) is 10.5. The van der Waals surface area contributed by atoms with Gasteiger partial charge in [0.05, 0.1) is 77.8 Å². The Morgan fingerprint density at radius 2 is 0.651 bits per heavy atom. The number of nitrogens with one attached hydrogen (secondary N) is 4. The van der Waals surface area contributed by atoms with Gasteiger partial charge in [-0.05, 0) is 141 Å². The van der Waals surface area contributed by atoms with E-state index < -0.39 is 23.6 Å². The topological polar surface area (TPSA) is 212 Å². The normalized spacial score (nSPS) is 12.1. The molecule has 7 aromatic rings. The van der Waals surface area contributed by atoms with Crippen molar-refractivity contribution in [2.24, 2.45) is 0 Å². The third kappa shape index (κ3) is 14.3. The average molecular weight is 1170 g/mol. The smallest absolute Gasteiger partial charge is 0.252 e. The van der Waals surface area contributed by atoms with Gasteiger partial charge in [-0.2, -0.15) is 0 Å². The van der Waals surface area contributed by atoms with Gasteiger partial charge >= 0.3 is 0 Å². The molecule has 6 amide bonds. The Kier molecular flexibility index (Phi) is 19.5. The van der Waals surface area contributed by atoms with Gasteiger partial charge in [-0.15, -0.1) is 0 Å². The summed E-state index contributed by atoms with van der Waals surface area (Å²) in [5, 5.41) is 11.6. The van der Waals surface area contributed by atoms with Gasteiger partial charge < -0.3 is 59.5 Å². The molecule has 0 aromatic heterocycles. The maximum atomic E-state index is 14.1. The summed E-state index contributed by atoms with van der Waals surface area (Å²) in [7, 11) is 8.95. The van der Waals surface area contributed by atoms with Crippen molar-refractivity contribution in [3.8, 4) is 34.5 Å². The van der Waals surface area contributed by atoms with Crippen molar-refractivity contribution < 1.29 is 66.0 Å². The molecular formula is C66H66F2N6O12. The predicted molar refractivity (Wildman–Crippen MR) is 315 cm³/mol. The maximum absolute atomic E-state index is 14.1. The van der Waals surface area contributed by atoms with Crippen molar-refractivity contribution in [1.82, 2.24) is 31.1 Å². The molecule has 20 heteroatoms. The minimum absolute atomic E-state index is 0.0447. The van der Waals surface area contributed by atoms with Crippen molar-refractivity contribution in [1.29, 1.82) is 0 Å². The number of methoxy groups -OCH3 is 6. The van der Waals surface area contributed by atoms with Crippen LogP contribution < -0.4 is 49.7 Å². The maximum Gasteiger partial charge on any atom is 0.252 e. The van der Waals surface area contributed by atoms with Crippen LogP contribution in [-0.2, 0) is 74.5 Å². The number of benzene rings is 7. The molecule has 7 aromatic carbocycles. The van der Waals surface area contributed by atoms with Crippen LogP contribution in [0.2, 0.25) is 0 Å². The first kappa shape index (κ1) is 60.6. The van der Waals surface area contributed by atoms with E-state index in [0.717, 1.165) is 11.1 Å². The summed E-state index contributed by atoms with van der Waals surface area (Å²) in [5.74, 6) is -0.726. The fourth-order valence-electron chi connectivity index (χ4n) is 10.5. The molecule has 2 aliphatic rings. The van der Waals surface area contributed by atoms with Gasteiger partial charge in [0.25, 0.3) is 23.6 Å². The highest BCUT2D eigenvalue weighted by Crippen LogP contribution is 2.40. The van der Waals surface area contributed by atoms with Crippen LogP contribution in [0.1, 0.15) is 97.1 Å². The van der Waals surface area contributed by atoms with E-state index in [1.807, 2.05) is 0 Å². The lowest BCUT2D eigenvalue weighted by Gasteiger charge is -2.16. The number of carbonyl (C=O) groups excluding carboxylic acids is 6. The third-order valence-corrected chi connectivity index (χ3v) is 15.1. The van der Waals surface area contributed by atoms with Crippen molar-refractivity contribution in [2.75, 3.05) is 55.7 Å². The lowest BCUT2D eigenvalue weighted by Crippen LogP contribution is -2.30. The summed E-state index contributed by atoms with van der Waals surface area (Å²) >= 11 is 0. The van der Waals surface area contributed by atoms with Gasteiger partial charge in [0.15, 0.2) is 23.0 Å². The molecule has 0 radical (unpaired) electrons. The molecule has 0 aliphatic carbocycles. The molecule has 0 saturated heterocycles.